The quantitative estimate of drug-likeness (QED) is 0.841. The minimum absolute atomic E-state index is 0.00469. The molecule has 136 valence electrons. The minimum Gasteiger partial charge on any atom is -0.325 e. The van der Waals surface area contributed by atoms with Gasteiger partial charge in [-0.2, -0.15) is 0 Å². The summed E-state index contributed by atoms with van der Waals surface area (Å²) in [6.45, 7) is 6.04. The second-order valence-corrected chi connectivity index (χ2v) is 6.67. The molecule has 1 fully saturated rings. The van der Waals surface area contributed by atoms with Crippen LogP contribution in [0.15, 0.2) is 48.5 Å². The molecule has 26 heavy (non-hydrogen) atoms. The van der Waals surface area contributed by atoms with E-state index in [4.69, 9.17) is 0 Å². The minimum atomic E-state index is -0.337. The number of anilines is 2. The van der Waals surface area contributed by atoms with E-state index in [0.29, 0.717) is 13.1 Å². The summed E-state index contributed by atoms with van der Waals surface area (Å²) >= 11 is 0. The number of aryl methyl sites for hydroxylation is 1. The summed E-state index contributed by atoms with van der Waals surface area (Å²) in [5.74, 6) is -0.442. The van der Waals surface area contributed by atoms with Crippen molar-refractivity contribution in [2.45, 2.75) is 26.8 Å². The summed E-state index contributed by atoms with van der Waals surface area (Å²) in [5.41, 5.74) is 3.84. The lowest BCUT2D eigenvalue weighted by Crippen LogP contribution is -2.28. The molecule has 2 N–H and O–H groups in total. The van der Waals surface area contributed by atoms with Gasteiger partial charge in [-0.1, -0.05) is 42.8 Å². The van der Waals surface area contributed by atoms with E-state index >= 15 is 0 Å². The zero-order valence-electron chi connectivity index (χ0n) is 15.3. The average molecular weight is 351 g/mol. The molecular weight excluding hydrogens is 326 g/mol. The molecule has 0 aliphatic carbocycles. The Hall–Kier alpha value is -2.66. The maximum Gasteiger partial charge on any atom is 0.229 e. The predicted molar refractivity (Wildman–Crippen MR) is 104 cm³/mol. The number of hydrogen-bond acceptors (Lipinski definition) is 3. The highest BCUT2D eigenvalue weighted by Gasteiger charge is 2.35. The van der Waals surface area contributed by atoms with Gasteiger partial charge >= 0.3 is 0 Å². The van der Waals surface area contributed by atoms with Crippen LogP contribution in [0, 0.1) is 12.8 Å². The molecule has 1 atom stereocenters. The van der Waals surface area contributed by atoms with Crippen LogP contribution in [0.25, 0.3) is 0 Å². The average Bonchev–Trinajstić information content (AvgIpc) is 3.03. The van der Waals surface area contributed by atoms with Gasteiger partial charge in [0.1, 0.15) is 0 Å². The third-order valence-corrected chi connectivity index (χ3v) is 4.68. The first-order valence-corrected chi connectivity index (χ1v) is 9.05. The Bertz CT molecular complexity index is 786. The van der Waals surface area contributed by atoms with Crippen LogP contribution in [-0.4, -0.2) is 24.9 Å². The number of para-hydroxylation sites is 1. The van der Waals surface area contributed by atoms with Crippen LogP contribution in [0.4, 0.5) is 11.4 Å². The largest absolute Gasteiger partial charge is 0.325 e. The number of benzene rings is 2. The SMILES string of the molecule is CCNCc1ccccc1NC(=O)C1CC(=O)N(c2ccc(C)cc2)C1. The number of amides is 2. The van der Waals surface area contributed by atoms with Gasteiger partial charge in [-0.05, 0) is 37.2 Å². The summed E-state index contributed by atoms with van der Waals surface area (Å²) in [4.78, 5) is 26.8. The van der Waals surface area contributed by atoms with E-state index in [1.54, 1.807) is 4.90 Å². The second kappa shape index (κ2) is 8.15. The first kappa shape index (κ1) is 18.1. The molecule has 1 aliphatic heterocycles. The molecule has 0 saturated carbocycles. The Kier molecular flexibility index (Phi) is 5.68. The van der Waals surface area contributed by atoms with E-state index in [9.17, 15) is 9.59 Å². The molecule has 1 unspecified atom stereocenters. The number of carbonyl (C=O) groups excluding carboxylic acids is 2. The number of nitrogens with one attached hydrogen (secondary N) is 2. The smallest absolute Gasteiger partial charge is 0.229 e. The van der Waals surface area contributed by atoms with Crippen molar-refractivity contribution < 1.29 is 9.59 Å². The van der Waals surface area contributed by atoms with Gasteiger partial charge in [0.15, 0.2) is 0 Å². The van der Waals surface area contributed by atoms with Gasteiger partial charge in [-0.3, -0.25) is 9.59 Å². The number of carbonyl (C=O) groups is 2. The van der Waals surface area contributed by atoms with Gasteiger partial charge in [-0.25, -0.2) is 0 Å². The first-order chi connectivity index (χ1) is 12.6. The van der Waals surface area contributed by atoms with Gasteiger partial charge in [0.2, 0.25) is 11.8 Å². The fourth-order valence-corrected chi connectivity index (χ4v) is 3.15. The van der Waals surface area contributed by atoms with Gasteiger partial charge in [0, 0.05) is 30.9 Å². The third kappa shape index (κ3) is 4.11. The monoisotopic (exact) mass is 351 g/mol. The molecule has 3 rings (SSSR count). The molecule has 1 saturated heterocycles. The zero-order chi connectivity index (χ0) is 18.5. The lowest BCUT2D eigenvalue weighted by Gasteiger charge is -2.17. The maximum absolute atomic E-state index is 12.7. The van der Waals surface area contributed by atoms with Gasteiger partial charge < -0.3 is 15.5 Å². The van der Waals surface area contributed by atoms with Crippen LogP contribution in [0.1, 0.15) is 24.5 Å². The highest BCUT2D eigenvalue weighted by Crippen LogP contribution is 2.26. The van der Waals surface area contributed by atoms with E-state index in [1.807, 2.05) is 62.4 Å². The maximum atomic E-state index is 12.7. The highest BCUT2D eigenvalue weighted by atomic mass is 16.2. The first-order valence-electron chi connectivity index (χ1n) is 9.05. The Labute approximate surface area is 154 Å². The lowest BCUT2D eigenvalue weighted by atomic mass is 10.1. The molecule has 0 radical (unpaired) electrons. The van der Waals surface area contributed by atoms with E-state index < -0.39 is 0 Å². The summed E-state index contributed by atoms with van der Waals surface area (Å²) in [6, 6.07) is 15.6. The van der Waals surface area contributed by atoms with E-state index in [2.05, 4.69) is 10.6 Å². The number of nitrogens with zero attached hydrogens (tertiary/aromatic N) is 1. The van der Waals surface area contributed by atoms with Crippen LogP contribution in [-0.2, 0) is 16.1 Å². The lowest BCUT2D eigenvalue weighted by molar-refractivity contribution is -0.122. The Morgan fingerprint density at radius 3 is 2.62 bits per heavy atom. The van der Waals surface area contributed by atoms with Crippen molar-refractivity contribution in [2.75, 3.05) is 23.3 Å². The van der Waals surface area contributed by atoms with Crippen LogP contribution in [0.2, 0.25) is 0 Å². The van der Waals surface area contributed by atoms with Crippen molar-refractivity contribution in [3.63, 3.8) is 0 Å². The van der Waals surface area contributed by atoms with E-state index in [1.165, 1.54) is 0 Å². The third-order valence-electron chi connectivity index (χ3n) is 4.68. The number of rotatable bonds is 6. The second-order valence-electron chi connectivity index (χ2n) is 6.67. The van der Waals surface area contributed by atoms with Crippen molar-refractivity contribution in [2.24, 2.45) is 5.92 Å². The van der Waals surface area contributed by atoms with Crippen molar-refractivity contribution >= 4 is 23.2 Å². The van der Waals surface area contributed by atoms with Crippen molar-refractivity contribution in [1.29, 1.82) is 0 Å². The molecule has 2 aromatic rings. The molecule has 1 aliphatic rings. The standard InChI is InChI=1S/C21H25N3O2/c1-3-22-13-16-6-4-5-7-19(16)23-21(26)17-12-20(25)24(14-17)18-10-8-15(2)9-11-18/h4-11,17,22H,3,12-14H2,1-2H3,(H,23,26). The normalized spacial score (nSPS) is 16.8. The zero-order valence-corrected chi connectivity index (χ0v) is 15.3. The highest BCUT2D eigenvalue weighted by molar-refractivity contribution is 6.03. The molecule has 0 bridgehead atoms. The fourth-order valence-electron chi connectivity index (χ4n) is 3.15. The summed E-state index contributed by atoms with van der Waals surface area (Å²) in [5, 5.41) is 6.28. The molecule has 0 aromatic heterocycles. The van der Waals surface area contributed by atoms with Crippen LogP contribution in [0.5, 0.6) is 0 Å². The summed E-state index contributed by atoms with van der Waals surface area (Å²) in [7, 11) is 0. The van der Waals surface area contributed by atoms with Gasteiger partial charge in [-0.15, -0.1) is 0 Å². The van der Waals surface area contributed by atoms with E-state index in [0.717, 1.165) is 29.0 Å². The van der Waals surface area contributed by atoms with Crippen LogP contribution in [0.3, 0.4) is 0 Å². The predicted octanol–water partition coefficient (Wildman–Crippen LogP) is 3.10. The van der Waals surface area contributed by atoms with Crippen molar-refractivity contribution in [1.82, 2.24) is 5.32 Å². The van der Waals surface area contributed by atoms with Crippen molar-refractivity contribution in [3.05, 3.63) is 59.7 Å². The van der Waals surface area contributed by atoms with Gasteiger partial charge in [0.05, 0.1) is 5.92 Å². The Balaban J connectivity index is 1.68. The fraction of sp³-hybridized carbons (Fsp3) is 0.333. The molecule has 2 aromatic carbocycles. The summed E-state index contributed by atoms with van der Waals surface area (Å²) in [6.07, 6.45) is 0.245. The van der Waals surface area contributed by atoms with Gasteiger partial charge in [0.25, 0.3) is 0 Å². The van der Waals surface area contributed by atoms with Crippen LogP contribution >= 0.6 is 0 Å². The molecule has 0 spiro atoms. The molecule has 1 heterocycles. The molecule has 2 amide bonds. The number of hydrogen-bond donors (Lipinski definition) is 2. The Morgan fingerprint density at radius 1 is 1.15 bits per heavy atom. The van der Waals surface area contributed by atoms with E-state index in [-0.39, 0.29) is 24.2 Å². The Morgan fingerprint density at radius 2 is 1.88 bits per heavy atom. The molecular formula is C21H25N3O2. The molecule has 5 heteroatoms. The topological polar surface area (TPSA) is 61.4 Å². The summed E-state index contributed by atoms with van der Waals surface area (Å²) < 4.78 is 0. The molecule has 5 nitrogen and oxygen atoms in total. The van der Waals surface area contributed by atoms with Crippen molar-refractivity contribution in [3.8, 4) is 0 Å². The van der Waals surface area contributed by atoms with Crippen LogP contribution < -0.4 is 15.5 Å².